The van der Waals surface area contributed by atoms with Crippen LogP contribution in [0.4, 0.5) is 0 Å². The molecule has 3 nitrogen and oxygen atoms in total. The zero-order valence-corrected chi connectivity index (χ0v) is 11.8. The highest BCUT2D eigenvalue weighted by molar-refractivity contribution is 5.93. The molecule has 1 aliphatic heterocycles. The molecule has 3 heteroatoms. The Morgan fingerprint density at radius 2 is 1.52 bits per heavy atom. The minimum absolute atomic E-state index is 0.273. The van der Waals surface area contributed by atoms with Crippen molar-refractivity contribution in [2.45, 2.75) is 12.0 Å². The normalized spacial score (nSPS) is 22.1. The molecular formula is C18H17NO2. The van der Waals surface area contributed by atoms with E-state index < -0.39 is 6.10 Å². The average molecular weight is 279 g/mol. The fourth-order valence-corrected chi connectivity index (χ4v) is 2.70. The van der Waals surface area contributed by atoms with E-state index >= 15 is 0 Å². The molecule has 2 aromatic carbocycles. The summed E-state index contributed by atoms with van der Waals surface area (Å²) >= 11 is 0. The topological polar surface area (TPSA) is 40.5 Å². The number of aliphatic hydroxyl groups excluding tert-OH is 1. The van der Waals surface area contributed by atoms with Gasteiger partial charge in [-0.05, 0) is 17.2 Å². The number of carbonyl (C=O) groups excluding carboxylic acids is 1. The van der Waals surface area contributed by atoms with E-state index in [4.69, 9.17) is 0 Å². The Balaban J connectivity index is 2.08. The second kappa shape index (κ2) is 5.54. The first-order valence-electron chi connectivity index (χ1n) is 6.96. The number of rotatable bonds is 2. The van der Waals surface area contributed by atoms with E-state index in [2.05, 4.69) is 0 Å². The summed E-state index contributed by atoms with van der Waals surface area (Å²) in [6.07, 6.45) is 0.932. The van der Waals surface area contributed by atoms with Crippen molar-refractivity contribution in [3.8, 4) is 0 Å². The van der Waals surface area contributed by atoms with E-state index in [0.29, 0.717) is 0 Å². The summed E-state index contributed by atoms with van der Waals surface area (Å²) in [5.41, 5.74) is 2.75. The van der Waals surface area contributed by atoms with Gasteiger partial charge < -0.3 is 10.0 Å². The standard InChI is InChI=1S/C18H17NO2/c1-19-16(14-10-6-3-7-11-14)12-15(17(20)18(19)21)13-8-4-2-5-9-13/h2-12,15,17,20H,1H3/t15-,17-/m0/s1. The van der Waals surface area contributed by atoms with Crippen LogP contribution in [0.25, 0.3) is 5.70 Å². The van der Waals surface area contributed by atoms with Gasteiger partial charge in [0.25, 0.3) is 5.91 Å². The van der Waals surface area contributed by atoms with Gasteiger partial charge in [-0.1, -0.05) is 60.7 Å². The summed E-state index contributed by atoms with van der Waals surface area (Å²) < 4.78 is 0. The van der Waals surface area contributed by atoms with E-state index in [1.807, 2.05) is 66.7 Å². The fraction of sp³-hybridized carbons (Fsp3) is 0.167. The van der Waals surface area contributed by atoms with Gasteiger partial charge >= 0.3 is 0 Å². The van der Waals surface area contributed by atoms with Crippen molar-refractivity contribution < 1.29 is 9.90 Å². The van der Waals surface area contributed by atoms with Gasteiger partial charge in [0, 0.05) is 18.7 Å². The molecule has 0 aromatic heterocycles. The maximum atomic E-state index is 12.3. The van der Waals surface area contributed by atoms with Crippen LogP contribution in [0.3, 0.4) is 0 Å². The molecule has 0 unspecified atom stereocenters. The molecule has 21 heavy (non-hydrogen) atoms. The van der Waals surface area contributed by atoms with Crippen LogP contribution in [0.1, 0.15) is 17.0 Å². The van der Waals surface area contributed by atoms with Crippen LogP contribution in [-0.4, -0.2) is 29.1 Å². The molecule has 1 N–H and O–H groups in total. The van der Waals surface area contributed by atoms with Crippen LogP contribution >= 0.6 is 0 Å². The molecule has 0 bridgehead atoms. The summed E-state index contributed by atoms with van der Waals surface area (Å²) in [7, 11) is 1.70. The average Bonchev–Trinajstić information content (AvgIpc) is 2.55. The van der Waals surface area contributed by atoms with Crippen molar-refractivity contribution in [1.29, 1.82) is 0 Å². The van der Waals surface area contributed by atoms with Gasteiger partial charge in [0.15, 0.2) is 0 Å². The highest BCUT2D eigenvalue weighted by atomic mass is 16.3. The van der Waals surface area contributed by atoms with Crippen molar-refractivity contribution in [2.75, 3.05) is 7.05 Å². The lowest BCUT2D eigenvalue weighted by Crippen LogP contribution is -2.42. The van der Waals surface area contributed by atoms with Crippen molar-refractivity contribution in [2.24, 2.45) is 0 Å². The molecule has 2 aromatic rings. The third-order valence-corrected chi connectivity index (χ3v) is 3.88. The number of aliphatic hydroxyl groups is 1. The monoisotopic (exact) mass is 279 g/mol. The van der Waals surface area contributed by atoms with E-state index in [-0.39, 0.29) is 11.8 Å². The zero-order valence-electron chi connectivity index (χ0n) is 11.8. The molecule has 1 aliphatic rings. The molecule has 0 radical (unpaired) electrons. The smallest absolute Gasteiger partial charge is 0.256 e. The maximum absolute atomic E-state index is 12.3. The lowest BCUT2D eigenvalue weighted by molar-refractivity contribution is -0.137. The molecule has 0 aliphatic carbocycles. The molecule has 3 rings (SSSR count). The second-order valence-electron chi connectivity index (χ2n) is 5.20. The Hall–Kier alpha value is -2.39. The Morgan fingerprint density at radius 1 is 0.952 bits per heavy atom. The number of likely N-dealkylation sites (N-methyl/N-ethyl adjacent to an activating group) is 1. The van der Waals surface area contributed by atoms with Gasteiger partial charge in [-0.2, -0.15) is 0 Å². The number of nitrogens with zero attached hydrogens (tertiary/aromatic N) is 1. The second-order valence-corrected chi connectivity index (χ2v) is 5.20. The minimum Gasteiger partial charge on any atom is -0.382 e. The molecule has 1 heterocycles. The summed E-state index contributed by atoms with van der Waals surface area (Å²) in [6.45, 7) is 0. The molecule has 0 saturated carbocycles. The quantitative estimate of drug-likeness (QED) is 0.918. The molecule has 0 fully saturated rings. The van der Waals surface area contributed by atoms with Gasteiger partial charge in [-0.15, -0.1) is 0 Å². The van der Waals surface area contributed by atoms with Crippen LogP contribution in [0.2, 0.25) is 0 Å². The predicted molar refractivity (Wildman–Crippen MR) is 82.4 cm³/mol. The van der Waals surface area contributed by atoms with Crippen LogP contribution in [0, 0.1) is 0 Å². The van der Waals surface area contributed by atoms with Crippen molar-refractivity contribution in [3.63, 3.8) is 0 Å². The van der Waals surface area contributed by atoms with Gasteiger partial charge in [-0.25, -0.2) is 0 Å². The van der Waals surface area contributed by atoms with E-state index in [0.717, 1.165) is 16.8 Å². The van der Waals surface area contributed by atoms with E-state index in [1.165, 1.54) is 4.90 Å². The van der Waals surface area contributed by atoms with Crippen LogP contribution in [0.5, 0.6) is 0 Å². The van der Waals surface area contributed by atoms with Gasteiger partial charge in [0.05, 0.1) is 0 Å². The van der Waals surface area contributed by atoms with Crippen molar-refractivity contribution in [1.82, 2.24) is 4.90 Å². The first kappa shape index (κ1) is 13.6. The summed E-state index contributed by atoms with van der Waals surface area (Å²) in [6, 6.07) is 19.4. The van der Waals surface area contributed by atoms with Gasteiger partial charge in [0.1, 0.15) is 6.10 Å². The Bertz CT molecular complexity index is 664. The lowest BCUT2D eigenvalue weighted by atomic mass is 9.87. The van der Waals surface area contributed by atoms with E-state index in [9.17, 15) is 9.90 Å². The van der Waals surface area contributed by atoms with Crippen LogP contribution in [0.15, 0.2) is 66.7 Å². The maximum Gasteiger partial charge on any atom is 0.256 e. The van der Waals surface area contributed by atoms with Gasteiger partial charge in [-0.3, -0.25) is 4.79 Å². The molecule has 1 amide bonds. The number of hydrogen-bond donors (Lipinski definition) is 1. The third kappa shape index (κ3) is 2.48. The third-order valence-electron chi connectivity index (χ3n) is 3.88. The van der Waals surface area contributed by atoms with Gasteiger partial charge in [0.2, 0.25) is 0 Å². The highest BCUT2D eigenvalue weighted by Gasteiger charge is 2.35. The fourth-order valence-electron chi connectivity index (χ4n) is 2.70. The number of benzene rings is 2. The zero-order chi connectivity index (χ0) is 14.8. The number of carbonyl (C=O) groups is 1. The van der Waals surface area contributed by atoms with Crippen LogP contribution in [-0.2, 0) is 4.79 Å². The molecular weight excluding hydrogens is 262 g/mol. The Morgan fingerprint density at radius 3 is 2.14 bits per heavy atom. The first-order valence-corrected chi connectivity index (χ1v) is 6.96. The SMILES string of the molecule is CN1C(=O)[C@@H](O)[C@H](c2ccccc2)C=C1c1ccccc1. The van der Waals surface area contributed by atoms with E-state index in [1.54, 1.807) is 7.05 Å². The highest BCUT2D eigenvalue weighted by Crippen LogP contribution is 2.33. The Kier molecular flexibility index (Phi) is 3.59. The van der Waals surface area contributed by atoms with Crippen molar-refractivity contribution in [3.05, 3.63) is 77.9 Å². The Labute approximate surface area is 124 Å². The summed E-state index contributed by atoms with van der Waals surface area (Å²) in [5.74, 6) is -0.588. The number of hydrogen-bond acceptors (Lipinski definition) is 2. The number of amides is 1. The molecule has 106 valence electrons. The molecule has 2 atom stereocenters. The predicted octanol–water partition coefficient (Wildman–Crippen LogP) is 2.64. The minimum atomic E-state index is -1.04. The summed E-state index contributed by atoms with van der Waals surface area (Å²) in [5, 5.41) is 10.3. The lowest BCUT2D eigenvalue weighted by Gasteiger charge is -2.33. The largest absolute Gasteiger partial charge is 0.382 e. The molecule has 0 spiro atoms. The first-order chi connectivity index (χ1) is 10.2. The molecule has 0 saturated heterocycles. The van der Waals surface area contributed by atoms with Crippen molar-refractivity contribution >= 4 is 11.6 Å². The summed E-state index contributed by atoms with van der Waals surface area (Å²) in [4.78, 5) is 13.9. The van der Waals surface area contributed by atoms with Crippen LogP contribution < -0.4 is 0 Å².